The normalized spacial score (nSPS) is 11.1. The molecule has 0 aliphatic rings. The summed E-state index contributed by atoms with van der Waals surface area (Å²) < 4.78 is 23.4. The van der Waals surface area contributed by atoms with Crippen LogP contribution in [0.25, 0.3) is 0 Å². The fraction of sp³-hybridized carbons (Fsp3) is 0.133. The van der Waals surface area contributed by atoms with Crippen molar-refractivity contribution in [1.29, 1.82) is 0 Å². The van der Waals surface area contributed by atoms with Gasteiger partial charge >= 0.3 is 0 Å². The fourth-order valence-corrected chi connectivity index (χ4v) is 3.09. The Kier molecular flexibility index (Phi) is 4.65. The number of hydrogen-bond acceptors (Lipinski definition) is 3. The van der Waals surface area contributed by atoms with E-state index in [1.807, 2.05) is 0 Å². The average Bonchev–Trinajstić information content (AvgIpc) is 2.37. The monoisotopic (exact) mass is 323 g/mol. The van der Waals surface area contributed by atoms with Gasteiger partial charge in [-0.3, -0.25) is 4.79 Å². The minimum atomic E-state index is -3.36. The van der Waals surface area contributed by atoms with E-state index in [4.69, 9.17) is 11.6 Å². The third kappa shape index (κ3) is 4.31. The molecule has 0 spiro atoms. The molecule has 0 bridgehead atoms. The summed E-state index contributed by atoms with van der Waals surface area (Å²) in [5, 5.41) is 3.21. The molecule has 0 heterocycles. The van der Waals surface area contributed by atoms with E-state index in [9.17, 15) is 13.2 Å². The Morgan fingerprint density at radius 1 is 1.14 bits per heavy atom. The van der Waals surface area contributed by atoms with Gasteiger partial charge in [0, 0.05) is 17.0 Å². The molecular formula is C15H14ClNO3S. The van der Waals surface area contributed by atoms with Gasteiger partial charge in [0.1, 0.15) is 0 Å². The number of rotatable bonds is 4. The van der Waals surface area contributed by atoms with Crippen molar-refractivity contribution < 1.29 is 13.2 Å². The predicted octanol–water partition coefficient (Wildman–Crippen LogP) is 2.92. The second kappa shape index (κ2) is 6.28. The first-order valence-electron chi connectivity index (χ1n) is 6.19. The van der Waals surface area contributed by atoms with Crippen LogP contribution < -0.4 is 5.32 Å². The molecule has 1 amide bonds. The maximum atomic E-state index is 12.0. The molecule has 0 atom stereocenters. The quantitative estimate of drug-likeness (QED) is 0.941. The van der Waals surface area contributed by atoms with Gasteiger partial charge in [0.15, 0.2) is 9.84 Å². The number of amides is 1. The fourth-order valence-electron chi connectivity index (χ4n) is 1.96. The second-order valence-electron chi connectivity index (χ2n) is 4.62. The van der Waals surface area contributed by atoms with Crippen molar-refractivity contribution in [2.45, 2.75) is 11.3 Å². The van der Waals surface area contributed by atoms with Crippen molar-refractivity contribution in [1.82, 2.24) is 0 Å². The van der Waals surface area contributed by atoms with Gasteiger partial charge in [0.05, 0.1) is 11.3 Å². The second-order valence-corrected chi connectivity index (χ2v) is 7.04. The van der Waals surface area contributed by atoms with Crippen LogP contribution in [0.4, 0.5) is 5.69 Å². The van der Waals surface area contributed by atoms with Gasteiger partial charge in [-0.25, -0.2) is 8.42 Å². The maximum absolute atomic E-state index is 12.0. The summed E-state index contributed by atoms with van der Waals surface area (Å²) in [6.45, 7) is 0. The largest absolute Gasteiger partial charge is 0.326 e. The van der Waals surface area contributed by atoms with E-state index in [-0.39, 0.29) is 17.2 Å². The standard InChI is InChI=1S/C15H14ClNO3S/c1-21(19,20)14-8-3-2-5-11(14)9-15(18)17-13-7-4-6-12(16)10-13/h2-8,10H,9H2,1H3,(H,17,18). The highest BCUT2D eigenvalue weighted by molar-refractivity contribution is 7.90. The molecule has 0 saturated heterocycles. The summed E-state index contributed by atoms with van der Waals surface area (Å²) in [5.41, 5.74) is 1.05. The van der Waals surface area contributed by atoms with Crippen molar-refractivity contribution in [3.8, 4) is 0 Å². The molecule has 2 rings (SSSR count). The molecule has 0 aromatic heterocycles. The molecule has 0 saturated carbocycles. The van der Waals surface area contributed by atoms with Gasteiger partial charge in [0.25, 0.3) is 0 Å². The molecule has 21 heavy (non-hydrogen) atoms. The third-order valence-corrected chi connectivity index (χ3v) is 4.26. The molecular weight excluding hydrogens is 310 g/mol. The summed E-state index contributed by atoms with van der Waals surface area (Å²) in [6, 6.07) is 13.2. The zero-order chi connectivity index (χ0) is 15.5. The van der Waals surface area contributed by atoms with Gasteiger partial charge < -0.3 is 5.32 Å². The highest BCUT2D eigenvalue weighted by Crippen LogP contribution is 2.18. The third-order valence-electron chi connectivity index (χ3n) is 2.83. The van der Waals surface area contributed by atoms with Crippen molar-refractivity contribution >= 4 is 33.0 Å². The van der Waals surface area contributed by atoms with Gasteiger partial charge in [-0.1, -0.05) is 35.9 Å². The number of anilines is 1. The van der Waals surface area contributed by atoms with E-state index in [1.54, 1.807) is 42.5 Å². The topological polar surface area (TPSA) is 63.2 Å². The van der Waals surface area contributed by atoms with Gasteiger partial charge in [-0.05, 0) is 29.8 Å². The van der Waals surface area contributed by atoms with E-state index in [2.05, 4.69) is 5.32 Å². The number of hydrogen-bond donors (Lipinski definition) is 1. The molecule has 0 aliphatic carbocycles. The van der Waals surface area contributed by atoms with Gasteiger partial charge in [-0.15, -0.1) is 0 Å². The SMILES string of the molecule is CS(=O)(=O)c1ccccc1CC(=O)Nc1cccc(Cl)c1. The zero-order valence-corrected chi connectivity index (χ0v) is 12.9. The van der Waals surface area contributed by atoms with Crippen molar-refractivity contribution in [3.63, 3.8) is 0 Å². The lowest BCUT2D eigenvalue weighted by Crippen LogP contribution is -2.16. The predicted molar refractivity (Wildman–Crippen MR) is 83.3 cm³/mol. The Hall–Kier alpha value is -1.85. The first-order valence-corrected chi connectivity index (χ1v) is 8.46. The lowest BCUT2D eigenvalue weighted by molar-refractivity contribution is -0.115. The van der Waals surface area contributed by atoms with E-state index in [0.717, 1.165) is 6.26 Å². The molecule has 0 aliphatic heterocycles. The van der Waals surface area contributed by atoms with Crippen LogP contribution in [0.1, 0.15) is 5.56 Å². The summed E-state index contributed by atoms with van der Waals surface area (Å²) in [5.74, 6) is -0.298. The molecule has 110 valence electrons. The van der Waals surface area contributed by atoms with Crippen LogP contribution in [0.5, 0.6) is 0 Å². The lowest BCUT2D eigenvalue weighted by atomic mass is 10.1. The first kappa shape index (κ1) is 15.5. The van der Waals surface area contributed by atoms with Crippen LogP contribution in [0.15, 0.2) is 53.4 Å². The number of carbonyl (C=O) groups excluding carboxylic acids is 1. The van der Waals surface area contributed by atoms with E-state index in [0.29, 0.717) is 16.3 Å². The molecule has 1 N–H and O–H groups in total. The Morgan fingerprint density at radius 2 is 1.86 bits per heavy atom. The summed E-state index contributed by atoms with van der Waals surface area (Å²) in [4.78, 5) is 12.2. The summed E-state index contributed by atoms with van der Waals surface area (Å²) in [6.07, 6.45) is 1.11. The van der Waals surface area contributed by atoms with Crippen LogP contribution in [-0.4, -0.2) is 20.6 Å². The van der Waals surface area contributed by atoms with Crippen molar-refractivity contribution in [3.05, 3.63) is 59.1 Å². The molecule has 2 aromatic carbocycles. The van der Waals surface area contributed by atoms with Gasteiger partial charge in [-0.2, -0.15) is 0 Å². The Morgan fingerprint density at radius 3 is 2.52 bits per heavy atom. The smallest absolute Gasteiger partial charge is 0.228 e. The average molecular weight is 324 g/mol. The Labute approximate surface area is 128 Å². The van der Waals surface area contributed by atoms with E-state index >= 15 is 0 Å². The lowest BCUT2D eigenvalue weighted by Gasteiger charge is -2.09. The van der Waals surface area contributed by atoms with Crippen LogP contribution in [0.2, 0.25) is 5.02 Å². The van der Waals surface area contributed by atoms with Crippen molar-refractivity contribution in [2.75, 3.05) is 11.6 Å². The Balaban J connectivity index is 2.17. The molecule has 2 aromatic rings. The molecule has 0 unspecified atom stereocenters. The molecule has 6 heteroatoms. The highest BCUT2D eigenvalue weighted by atomic mass is 35.5. The minimum absolute atomic E-state index is 0.0181. The minimum Gasteiger partial charge on any atom is -0.326 e. The van der Waals surface area contributed by atoms with E-state index in [1.165, 1.54) is 6.07 Å². The number of carbonyl (C=O) groups is 1. The van der Waals surface area contributed by atoms with Crippen molar-refractivity contribution in [2.24, 2.45) is 0 Å². The first-order chi connectivity index (χ1) is 9.86. The molecule has 4 nitrogen and oxygen atoms in total. The molecule has 0 radical (unpaired) electrons. The summed E-state index contributed by atoms with van der Waals surface area (Å²) in [7, 11) is -3.36. The van der Waals surface area contributed by atoms with Crippen LogP contribution in [0, 0.1) is 0 Å². The van der Waals surface area contributed by atoms with E-state index < -0.39 is 9.84 Å². The number of nitrogens with one attached hydrogen (secondary N) is 1. The molecule has 0 fully saturated rings. The van der Waals surface area contributed by atoms with Gasteiger partial charge in [0.2, 0.25) is 5.91 Å². The van der Waals surface area contributed by atoms with Crippen LogP contribution >= 0.6 is 11.6 Å². The zero-order valence-electron chi connectivity index (χ0n) is 11.3. The van der Waals surface area contributed by atoms with Crippen LogP contribution in [-0.2, 0) is 21.1 Å². The number of halogens is 1. The highest BCUT2D eigenvalue weighted by Gasteiger charge is 2.15. The summed E-state index contributed by atoms with van der Waals surface area (Å²) >= 11 is 5.84. The maximum Gasteiger partial charge on any atom is 0.228 e. The Bertz CT molecular complexity index is 772. The number of sulfone groups is 1. The number of benzene rings is 2. The van der Waals surface area contributed by atoms with Crippen LogP contribution in [0.3, 0.4) is 0 Å².